The lowest BCUT2D eigenvalue weighted by Gasteiger charge is -2.26. The quantitative estimate of drug-likeness (QED) is 0.923. The summed E-state index contributed by atoms with van der Waals surface area (Å²) in [6.07, 6.45) is 4.25. The number of carbonyl (C=O) groups is 1. The average molecular weight is 348 g/mol. The summed E-state index contributed by atoms with van der Waals surface area (Å²) in [5.74, 6) is 0.155. The first-order chi connectivity index (χ1) is 11.5. The first-order valence-corrected chi connectivity index (χ1v) is 9.31. The van der Waals surface area contributed by atoms with E-state index in [-0.39, 0.29) is 11.5 Å². The molecule has 0 atom stereocenters. The molecule has 0 aliphatic carbocycles. The van der Waals surface area contributed by atoms with Gasteiger partial charge in [-0.15, -0.1) is 0 Å². The smallest absolute Gasteiger partial charge is 0.276 e. The molecule has 2 aromatic rings. The maximum atomic E-state index is 12.7. The number of hydrogen-bond acceptors (Lipinski definition) is 4. The van der Waals surface area contributed by atoms with Crippen molar-refractivity contribution >= 4 is 17.2 Å². The molecule has 0 aromatic carbocycles. The van der Waals surface area contributed by atoms with Crippen LogP contribution in [0.25, 0.3) is 5.13 Å². The zero-order chi connectivity index (χ0) is 17.3. The van der Waals surface area contributed by atoms with Gasteiger partial charge in [0.25, 0.3) is 5.56 Å². The van der Waals surface area contributed by atoms with Gasteiger partial charge in [0.2, 0.25) is 11.0 Å². The molecule has 0 bridgehead atoms. The van der Waals surface area contributed by atoms with E-state index in [9.17, 15) is 9.59 Å². The van der Waals surface area contributed by atoms with E-state index in [0.717, 1.165) is 42.2 Å². The number of thiazole rings is 1. The Bertz CT molecular complexity index is 777. The van der Waals surface area contributed by atoms with Crippen LogP contribution in [0, 0.1) is 20.8 Å². The van der Waals surface area contributed by atoms with Gasteiger partial charge < -0.3 is 4.90 Å². The second-order valence-electron chi connectivity index (χ2n) is 6.44. The van der Waals surface area contributed by atoms with E-state index in [2.05, 4.69) is 10.1 Å². The van der Waals surface area contributed by atoms with E-state index >= 15 is 0 Å². The Balaban J connectivity index is 1.74. The van der Waals surface area contributed by atoms with Gasteiger partial charge in [0.05, 0.1) is 5.69 Å². The van der Waals surface area contributed by atoms with Gasteiger partial charge in [-0.3, -0.25) is 14.7 Å². The fraction of sp³-hybridized carbons (Fsp3) is 0.588. The number of nitrogens with one attached hydrogen (secondary N) is 1. The SMILES string of the molecule is Cc1nc(-n2[nH]c(C)c(CCC(=O)N3CCCCC3)c2=O)sc1C. The summed E-state index contributed by atoms with van der Waals surface area (Å²) in [5, 5.41) is 3.76. The molecule has 0 saturated carbocycles. The number of likely N-dealkylation sites (tertiary alicyclic amines) is 1. The van der Waals surface area contributed by atoms with Crippen molar-refractivity contribution in [3.8, 4) is 5.13 Å². The lowest BCUT2D eigenvalue weighted by atomic mass is 10.1. The number of aromatic nitrogens is 3. The molecular weight excluding hydrogens is 324 g/mol. The predicted molar refractivity (Wildman–Crippen MR) is 95.0 cm³/mol. The molecule has 1 fully saturated rings. The van der Waals surface area contributed by atoms with E-state index in [0.29, 0.717) is 23.5 Å². The lowest BCUT2D eigenvalue weighted by molar-refractivity contribution is -0.132. The van der Waals surface area contributed by atoms with E-state index in [4.69, 9.17) is 0 Å². The number of nitrogens with zero attached hydrogens (tertiary/aromatic N) is 3. The molecule has 1 N–H and O–H groups in total. The van der Waals surface area contributed by atoms with Crippen LogP contribution in [-0.2, 0) is 11.2 Å². The van der Waals surface area contributed by atoms with Crippen LogP contribution < -0.4 is 5.56 Å². The Morgan fingerprint density at radius 1 is 1.21 bits per heavy atom. The molecular formula is C17H24N4O2S. The highest BCUT2D eigenvalue weighted by molar-refractivity contribution is 7.14. The van der Waals surface area contributed by atoms with Crippen molar-refractivity contribution in [1.29, 1.82) is 0 Å². The summed E-state index contributed by atoms with van der Waals surface area (Å²) in [4.78, 5) is 32.5. The minimum Gasteiger partial charge on any atom is -0.343 e. The second kappa shape index (κ2) is 6.93. The summed E-state index contributed by atoms with van der Waals surface area (Å²) in [6.45, 7) is 7.52. The average Bonchev–Trinajstić information content (AvgIpc) is 3.05. The monoisotopic (exact) mass is 348 g/mol. The van der Waals surface area contributed by atoms with Gasteiger partial charge in [-0.25, -0.2) is 4.98 Å². The highest BCUT2D eigenvalue weighted by atomic mass is 32.1. The zero-order valence-corrected chi connectivity index (χ0v) is 15.3. The first-order valence-electron chi connectivity index (χ1n) is 8.50. The molecule has 24 heavy (non-hydrogen) atoms. The normalized spacial score (nSPS) is 15.0. The molecule has 1 aliphatic heterocycles. The van der Waals surface area contributed by atoms with Crippen molar-refractivity contribution in [3.63, 3.8) is 0 Å². The van der Waals surface area contributed by atoms with Crippen molar-refractivity contribution in [2.24, 2.45) is 0 Å². The minimum absolute atomic E-state index is 0.0901. The third kappa shape index (κ3) is 3.31. The van der Waals surface area contributed by atoms with Gasteiger partial charge in [0.1, 0.15) is 0 Å². The molecule has 130 valence electrons. The van der Waals surface area contributed by atoms with Crippen molar-refractivity contribution in [2.45, 2.75) is 52.9 Å². The number of piperidine rings is 1. The number of rotatable bonds is 4. The first kappa shape index (κ1) is 17.0. The van der Waals surface area contributed by atoms with Gasteiger partial charge in [-0.05, 0) is 46.5 Å². The van der Waals surface area contributed by atoms with Crippen LogP contribution in [0.1, 0.15) is 47.5 Å². The van der Waals surface area contributed by atoms with Crippen molar-refractivity contribution in [1.82, 2.24) is 19.7 Å². The van der Waals surface area contributed by atoms with Gasteiger partial charge in [-0.2, -0.15) is 4.68 Å². The van der Waals surface area contributed by atoms with E-state index in [1.165, 1.54) is 22.4 Å². The third-order valence-corrected chi connectivity index (χ3v) is 5.76. The zero-order valence-electron chi connectivity index (χ0n) is 14.5. The Labute approximate surface area is 145 Å². The fourth-order valence-electron chi connectivity index (χ4n) is 3.10. The van der Waals surface area contributed by atoms with E-state index < -0.39 is 0 Å². The van der Waals surface area contributed by atoms with Crippen LogP contribution >= 0.6 is 11.3 Å². The number of H-pyrrole nitrogens is 1. The topological polar surface area (TPSA) is 71.0 Å². The highest BCUT2D eigenvalue weighted by Gasteiger charge is 2.19. The Kier molecular flexibility index (Phi) is 4.89. The number of aromatic amines is 1. The number of hydrogen-bond donors (Lipinski definition) is 1. The lowest BCUT2D eigenvalue weighted by Crippen LogP contribution is -2.35. The highest BCUT2D eigenvalue weighted by Crippen LogP contribution is 2.19. The number of carbonyl (C=O) groups excluding carboxylic acids is 1. The molecule has 1 aliphatic rings. The molecule has 0 radical (unpaired) electrons. The molecule has 2 aromatic heterocycles. The molecule has 1 amide bonds. The predicted octanol–water partition coefficient (Wildman–Crippen LogP) is 2.49. The summed E-state index contributed by atoms with van der Waals surface area (Å²) in [5.41, 5.74) is 2.35. The largest absolute Gasteiger partial charge is 0.343 e. The minimum atomic E-state index is -0.0901. The molecule has 6 nitrogen and oxygen atoms in total. The Morgan fingerprint density at radius 3 is 2.54 bits per heavy atom. The van der Waals surface area contributed by atoms with Gasteiger partial charge in [0, 0.05) is 35.6 Å². The Morgan fingerprint density at radius 2 is 1.92 bits per heavy atom. The molecule has 0 unspecified atom stereocenters. The molecule has 1 saturated heterocycles. The van der Waals surface area contributed by atoms with Crippen molar-refractivity contribution in [2.75, 3.05) is 13.1 Å². The fourth-order valence-corrected chi connectivity index (χ4v) is 3.96. The van der Waals surface area contributed by atoms with Crippen LogP contribution in [-0.4, -0.2) is 38.7 Å². The van der Waals surface area contributed by atoms with Gasteiger partial charge in [0.15, 0.2) is 0 Å². The number of aryl methyl sites for hydroxylation is 3. The maximum Gasteiger partial charge on any atom is 0.276 e. The molecule has 3 rings (SSSR count). The number of amides is 1. The Hall–Kier alpha value is -1.89. The summed E-state index contributed by atoms with van der Waals surface area (Å²) < 4.78 is 1.50. The van der Waals surface area contributed by atoms with Gasteiger partial charge in [-0.1, -0.05) is 11.3 Å². The van der Waals surface area contributed by atoms with E-state index in [1.54, 1.807) is 0 Å². The summed E-state index contributed by atoms with van der Waals surface area (Å²) in [7, 11) is 0. The third-order valence-electron chi connectivity index (χ3n) is 4.70. The molecule has 3 heterocycles. The molecule has 7 heteroatoms. The van der Waals surface area contributed by atoms with E-state index in [1.807, 2.05) is 25.7 Å². The molecule has 0 spiro atoms. The van der Waals surface area contributed by atoms with Crippen LogP contribution in [0.3, 0.4) is 0 Å². The van der Waals surface area contributed by atoms with Gasteiger partial charge >= 0.3 is 0 Å². The second-order valence-corrected chi connectivity index (χ2v) is 7.62. The standard InChI is InChI=1S/C17H24N4O2S/c1-11-13(3)24-17(18-11)21-16(23)14(12(2)19-21)7-8-15(22)20-9-5-4-6-10-20/h19H,4-10H2,1-3H3. The van der Waals surface area contributed by atoms with Crippen molar-refractivity contribution < 1.29 is 4.79 Å². The van der Waals surface area contributed by atoms with Crippen LogP contribution in [0.5, 0.6) is 0 Å². The maximum absolute atomic E-state index is 12.7. The van der Waals surface area contributed by atoms with Crippen LogP contribution in [0.4, 0.5) is 0 Å². The van der Waals surface area contributed by atoms with Crippen LogP contribution in [0.2, 0.25) is 0 Å². The summed E-state index contributed by atoms with van der Waals surface area (Å²) in [6, 6.07) is 0. The van der Waals surface area contributed by atoms with Crippen LogP contribution in [0.15, 0.2) is 4.79 Å². The summed E-state index contributed by atoms with van der Waals surface area (Å²) >= 11 is 1.50. The van der Waals surface area contributed by atoms with Crippen molar-refractivity contribution in [3.05, 3.63) is 32.2 Å².